The van der Waals surface area contributed by atoms with Crippen LogP contribution >= 0.6 is 0 Å². The zero-order valence-corrected chi connectivity index (χ0v) is 13.9. The molecule has 3 aromatic rings. The van der Waals surface area contributed by atoms with Gasteiger partial charge in [0.15, 0.2) is 5.69 Å². The van der Waals surface area contributed by atoms with Crippen LogP contribution in [0.5, 0.6) is 0 Å². The third-order valence-corrected chi connectivity index (χ3v) is 3.44. The molecule has 2 aromatic heterocycles. The molecule has 0 unspecified atom stereocenters. The normalized spacial score (nSPS) is 11.4. The molecule has 0 bridgehead atoms. The van der Waals surface area contributed by atoms with Crippen LogP contribution in [0.4, 0.5) is 10.2 Å². The number of carbonyl (C=O) groups is 1. The van der Waals surface area contributed by atoms with Crippen molar-refractivity contribution in [3.63, 3.8) is 0 Å². The van der Waals surface area contributed by atoms with Crippen molar-refractivity contribution in [1.82, 2.24) is 30.7 Å². The van der Waals surface area contributed by atoms with Gasteiger partial charge >= 0.3 is 0 Å². The summed E-state index contributed by atoms with van der Waals surface area (Å²) in [5.74, 6) is -1.05. The molecule has 11 heteroatoms. The predicted octanol–water partition coefficient (Wildman–Crippen LogP) is 1.26. The number of hydrogen-bond donors (Lipinski definition) is 2. The highest BCUT2D eigenvalue weighted by atomic mass is 19.1. The Morgan fingerprint density at radius 1 is 1.38 bits per heavy atom. The van der Waals surface area contributed by atoms with Crippen molar-refractivity contribution < 1.29 is 13.8 Å². The lowest BCUT2D eigenvalue weighted by Crippen LogP contribution is -2.21. The van der Waals surface area contributed by atoms with Crippen LogP contribution in [0.15, 0.2) is 34.0 Å². The molecule has 2 heterocycles. The van der Waals surface area contributed by atoms with Crippen LogP contribution in [-0.4, -0.2) is 37.4 Å². The van der Waals surface area contributed by atoms with Crippen LogP contribution in [0.3, 0.4) is 0 Å². The zero-order valence-electron chi connectivity index (χ0n) is 13.9. The largest absolute Gasteiger partial charge is 0.378 e. The Balaban J connectivity index is 1.85. The standard InChI is InChI=1S/C15H15FN8O2/c1-8(2)12-11(19-23-24(12)14-13(17)21-26-22-14)15(25)20-18-7-9-5-3-4-6-10(9)16/h3-8H,1-2H3,(H2,17,21)(H,20,25). The van der Waals surface area contributed by atoms with Crippen molar-refractivity contribution in [2.24, 2.45) is 5.10 Å². The van der Waals surface area contributed by atoms with E-state index in [0.29, 0.717) is 5.69 Å². The molecule has 0 aliphatic rings. The fourth-order valence-electron chi connectivity index (χ4n) is 2.26. The second kappa shape index (κ2) is 7.09. The summed E-state index contributed by atoms with van der Waals surface area (Å²) < 4.78 is 19.4. The van der Waals surface area contributed by atoms with Gasteiger partial charge < -0.3 is 5.73 Å². The molecule has 134 valence electrons. The number of nitrogens with zero attached hydrogens (tertiary/aromatic N) is 6. The Bertz CT molecular complexity index is 962. The maximum absolute atomic E-state index is 13.5. The third-order valence-electron chi connectivity index (χ3n) is 3.44. The van der Waals surface area contributed by atoms with Crippen molar-refractivity contribution in [3.8, 4) is 5.82 Å². The second-order valence-corrected chi connectivity index (χ2v) is 5.58. The summed E-state index contributed by atoms with van der Waals surface area (Å²) in [5.41, 5.74) is 8.69. The summed E-state index contributed by atoms with van der Waals surface area (Å²) in [6, 6.07) is 6.04. The smallest absolute Gasteiger partial charge is 0.293 e. The van der Waals surface area contributed by atoms with E-state index in [1.807, 2.05) is 13.8 Å². The van der Waals surface area contributed by atoms with Crippen LogP contribution in [0.2, 0.25) is 0 Å². The number of amides is 1. The second-order valence-electron chi connectivity index (χ2n) is 5.58. The molecule has 1 aromatic carbocycles. The first kappa shape index (κ1) is 17.2. The maximum atomic E-state index is 13.5. The summed E-state index contributed by atoms with van der Waals surface area (Å²) in [4.78, 5) is 12.4. The van der Waals surface area contributed by atoms with Crippen molar-refractivity contribution in [1.29, 1.82) is 0 Å². The van der Waals surface area contributed by atoms with E-state index in [9.17, 15) is 9.18 Å². The van der Waals surface area contributed by atoms with E-state index in [2.05, 4.69) is 35.8 Å². The summed E-state index contributed by atoms with van der Waals surface area (Å²) in [6.07, 6.45) is 1.20. The number of halogens is 1. The monoisotopic (exact) mass is 358 g/mol. The zero-order chi connectivity index (χ0) is 18.7. The predicted molar refractivity (Wildman–Crippen MR) is 89.2 cm³/mol. The van der Waals surface area contributed by atoms with Gasteiger partial charge in [-0.3, -0.25) is 4.79 Å². The Labute approximate surface area is 146 Å². The Morgan fingerprint density at radius 2 is 2.15 bits per heavy atom. The average molecular weight is 358 g/mol. The lowest BCUT2D eigenvalue weighted by atomic mass is 10.1. The van der Waals surface area contributed by atoms with Crippen molar-refractivity contribution in [2.75, 3.05) is 5.73 Å². The van der Waals surface area contributed by atoms with E-state index in [1.165, 1.54) is 23.0 Å². The highest BCUT2D eigenvalue weighted by molar-refractivity contribution is 5.94. The molecule has 0 saturated carbocycles. The molecular weight excluding hydrogens is 343 g/mol. The van der Waals surface area contributed by atoms with Gasteiger partial charge in [0.05, 0.1) is 11.9 Å². The molecule has 0 saturated heterocycles. The molecule has 3 N–H and O–H groups in total. The van der Waals surface area contributed by atoms with E-state index in [1.54, 1.807) is 12.1 Å². The molecule has 1 amide bonds. The van der Waals surface area contributed by atoms with Crippen LogP contribution in [0.1, 0.15) is 41.5 Å². The molecule has 0 atom stereocenters. The number of anilines is 1. The van der Waals surface area contributed by atoms with Crippen LogP contribution in [0, 0.1) is 5.82 Å². The molecule has 0 spiro atoms. The highest BCUT2D eigenvalue weighted by Crippen LogP contribution is 2.22. The molecule has 3 rings (SSSR count). The van der Waals surface area contributed by atoms with Gasteiger partial charge in [-0.2, -0.15) is 9.78 Å². The molecule has 0 aliphatic carbocycles. The summed E-state index contributed by atoms with van der Waals surface area (Å²) in [5, 5.41) is 18.7. The Morgan fingerprint density at radius 3 is 2.81 bits per heavy atom. The van der Waals surface area contributed by atoms with Crippen LogP contribution < -0.4 is 11.2 Å². The molecule has 0 radical (unpaired) electrons. The van der Waals surface area contributed by atoms with Gasteiger partial charge in [0.25, 0.3) is 5.91 Å². The molecule has 0 fully saturated rings. The maximum Gasteiger partial charge on any atom is 0.293 e. The molecule has 10 nitrogen and oxygen atoms in total. The minimum atomic E-state index is -0.609. The number of hydrazone groups is 1. The number of hydrogen-bond acceptors (Lipinski definition) is 8. The number of nitrogen functional groups attached to an aromatic ring is 1. The van der Waals surface area contributed by atoms with Gasteiger partial charge in [-0.15, -0.1) is 5.10 Å². The minimum Gasteiger partial charge on any atom is -0.378 e. The fraction of sp³-hybridized carbons (Fsp3) is 0.200. The topological polar surface area (TPSA) is 137 Å². The number of benzene rings is 1. The quantitative estimate of drug-likeness (QED) is 0.517. The highest BCUT2D eigenvalue weighted by Gasteiger charge is 2.25. The summed E-state index contributed by atoms with van der Waals surface area (Å²) in [6.45, 7) is 3.69. The molecule has 26 heavy (non-hydrogen) atoms. The van der Waals surface area contributed by atoms with Crippen molar-refractivity contribution in [3.05, 3.63) is 47.0 Å². The lowest BCUT2D eigenvalue weighted by Gasteiger charge is -2.08. The molecule has 0 aliphatic heterocycles. The summed E-state index contributed by atoms with van der Waals surface area (Å²) in [7, 11) is 0. The Hall–Kier alpha value is -3.63. The SMILES string of the molecule is CC(C)c1c(C(=O)NN=Cc2ccccc2F)nnn1-c1nonc1N. The van der Waals surface area contributed by atoms with E-state index < -0.39 is 11.7 Å². The van der Waals surface area contributed by atoms with Crippen molar-refractivity contribution >= 4 is 17.9 Å². The van der Waals surface area contributed by atoms with Crippen LogP contribution in [-0.2, 0) is 0 Å². The number of rotatable bonds is 5. The van der Waals surface area contributed by atoms with E-state index in [4.69, 9.17) is 5.73 Å². The first-order valence-corrected chi connectivity index (χ1v) is 7.61. The van der Waals surface area contributed by atoms with Gasteiger partial charge in [-0.25, -0.2) is 14.4 Å². The van der Waals surface area contributed by atoms with Gasteiger partial charge in [-0.1, -0.05) is 37.3 Å². The van der Waals surface area contributed by atoms with Gasteiger partial charge in [-0.05, 0) is 22.3 Å². The van der Waals surface area contributed by atoms with Crippen LogP contribution in [0.25, 0.3) is 5.82 Å². The first-order chi connectivity index (χ1) is 12.5. The van der Waals surface area contributed by atoms with Crippen molar-refractivity contribution in [2.45, 2.75) is 19.8 Å². The third kappa shape index (κ3) is 3.27. The van der Waals surface area contributed by atoms with E-state index in [0.717, 1.165) is 0 Å². The number of carbonyl (C=O) groups excluding carboxylic acids is 1. The van der Waals surface area contributed by atoms with Gasteiger partial charge in [0, 0.05) is 5.56 Å². The van der Waals surface area contributed by atoms with Gasteiger partial charge in [0.2, 0.25) is 11.6 Å². The fourth-order valence-corrected chi connectivity index (χ4v) is 2.26. The average Bonchev–Trinajstić information content (AvgIpc) is 3.22. The number of nitrogens with two attached hydrogens (primary N) is 1. The number of nitrogens with one attached hydrogen (secondary N) is 1. The minimum absolute atomic E-state index is 0.0151. The van der Waals surface area contributed by atoms with Gasteiger partial charge in [0.1, 0.15) is 5.82 Å². The van der Waals surface area contributed by atoms with E-state index >= 15 is 0 Å². The lowest BCUT2D eigenvalue weighted by molar-refractivity contribution is 0.0948. The number of aromatic nitrogens is 5. The van der Waals surface area contributed by atoms with E-state index in [-0.39, 0.29) is 28.8 Å². The first-order valence-electron chi connectivity index (χ1n) is 7.61. The summed E-state index contributed by atoms with van der Waals surface area (Å²) >= 11 is 0. The molecular formula is C15H15FN8O2. The Kier molecular flexibility index (Phi) is 4.69.